The zero-order chi connectivity index (χ0) is 35.1. The number of rotatable bonds is 13. The van der Waals surface area contributed by atoms with Gasteiger partial charge in [-0.2, -0.15) is 4.31 Å². The van der Waals surface area contributed by atoms with Gasteiger partial charge >= 0.3 is 6.09 Å². The van der Waals surface area contributed by atoms with E-state index in [9.17, 15) is 23.1 Å². The van der Waals surface area contributed by atoms with E-state index >= 15 is 0 Å². The molecule has 49 heavy (non-hydrogen) atoms. The molecular formula is C36H39N5O6S2. The summed E-state index contributed by atoms with van der Waals surface area (Å²) in [5, 5.41) is 14.9. The van der Waals surface area contributed by atoms with Crippen molar-refractivity contribution in [3.8, 4) is 0 Å². The molecule has 0 saturated carbocycles. The van der Waals surface area contributed by atoms with Crippen LogP contribution in [-0.2, 0) is 39.1 Å². The van der Waals surface area contributed by atoms with Gasteiger partial charge in [0.25, 0.3) is 0 Å². The van der Waals surface area contributed by atoms with E-state index < -0.39 is 28.3 Å². The molecule has 13 heteroatoms. The first-order valence-corrected chi connectivity index (χ1v) is 17.9. The fraction of sp³-hybridized carbons (Fsp3) is 0.278. The molecule has 2 atom stereocenters. The van der Waals surface area contributed by atoms with Crippen LogP contribution in [0.3, 0.4) is 0 Å². The summed E-state index contributed by atoms with van der Waals surface area (Å²) in [5.41, 5.74) is 4.73. The van der Waals surface area contributed by atoms with Gasteiger partial charge in [-0.3, -0.25) is 14.7 Å². The van der Waals surface area contributed by atoms with Crippen molar-refractivity contribution in [2.45, 2.75) is 57.4 Å². The molecule has 5 rings (SSSR count). The van der Waals surface area contributed by atoms with E-state index in [1.54, 1.807) is 37.5 Å². The minimum absolute atomic E-state index is 0.00983. The average molecular weight is 702 g/mol. The number of nitrogens with zero attached hydrogens (tertiary/aromatic N) is 4. The van der Waals surface area contributed by atoms with Crippen LogP contribution in [0.2, 0.25) is 0 Å². The normalized spacial score (nSPS) is 12.9. The third-order valence-electron chi connectivity index (χ3n) is 8.26. The van der Waals surface area contributed by atoms with Crippen molar-refractivity contribution in [3.05, 3.63) is 119 Å². The molecule has 2 N–H and O–H groups in total. The fourth-order valence-corrected chi connectivity index (χ4v) is 7.84. The molecule has 0 aliphatic carbocycles. The zero-order valence-electron chi connectivity index (χ0n) is 27.7. The van der Waals surface area contributed by atoms with Crippen LogP contribution in [0.25, 0.3) is 10.2 Å². The predicted octanol–water partition coefficient (Wildman–Crippen LogP) is 5.38. The smallest absolute Gasteiger partial charge is 0.407 e. The molecule has 0 aliphatic heterocycles. The number of nitrogens with one attached hydrogen (secondary N) is 1. The van der Waals surface area contributed by atoms with Crippen molar-refractivity contribution < 1.29 is 27.9 Å². The number of pyridine rings is 1. The number of anilines is 1. The van der Waals surface area contributed by atoms with Gasteiger partial charge in [0.15, 0.2) is 5.13 Å². The quantitative estimate of drug-likeness (QED) is 0.167. The number of aromatic nitrogens is 2. The van der Waals surface area contributed by atoms with Crippen molar-refractivity contribution in [1.82, 2.24) is 19.6 Å². The molecule has 0 saturated heterocycles. The van der Waals surface area contributed by atoms with Crippen molar-refractivity contribution in [1.29, 1.82) is 0 Å². The maximum absolute atomic E-state index is 14.3. The Bertz CT molecular complexity index is 2000. The highest BCUT2D eigenvalue weighted by atomic mass is 32.2. The minimum atomic E-state index is -4.22. The van der Waals surface area contributed by atoms with Crippen LogP contribution >= 0.6 is 11.3 Å². The maximum atomic E-state index is 14.3. The average Bonchev–Trinajstić information content (AvgIpc) is 3.51. The Hall–Kier alpha value is -4.69. The first-order valence-electron chi connectivity index (χ1n) is 15.7. The number of hydrogen-bond donors (Lipinski definition) is 2. The molecule has 3 aromatic carbocycles. The SMILES string of the molecule is CC(=O)N(C)c1nc2ccc(S(=O)(=O)N(Cc3ccccn3)CC(O)C(Cc3ccccc3)NC(=O)OCc3c(C)cccc3C)cc2s1. The van der Waals surface area contributed by atoms with Crippen LogP contribution in [0, 0.1) is 13.8 Å². The second-order valence-electron chi connectivity index (χ2n) is 11.8. The molecule has 2 heterocycles. The van der Waals surface area contributed by atoms with Crippen LogP contribution in [0.1, 0.15) is 34.9 Å². The Balaban J connectivity index is 1.42. The first-order chi connectivity index (χ1) is 23.4. The largest absolute Gasteiger partial charge is 0.445 e. The third kappa shape index (κ3) is 8.86. The minimum Gasteiger partial charge on any atom is -0.445 e. The maximum Gasteiger partial charge on any atom is 0.407 e. The number of carbonyl (C=O) groups is 2. The summed E-state index contributed by atoms with van der Waals surface area (Å²) >= 11 is 1.20. The molecule has 0 fully saturated rings. The van der Waals surface area contributed by atoms with E-state index in [0.29, 0.717) is 21.0 Å². The number of alkyl carbamates (subject to hydrolysis) is 1. The molecule has 256 valence electrons. The van der Waals surface area contributed by atoms with E-state index in [2.05, 4.69) is 15.3 Å². The lowest BCUT2D eigenvalue weighted by atomic mass is 10.0. The van der Waals surface area contributed by atoms with Crippen LogP contribution < -0.4 is 10.2 Å². The third-order valence-corrected chi connectivity index (χ3v) is 11.2. The Labute approximate surface area is 290 Å². The number of fused-ring (bicyclic) bond motifs is 1. The number of ether oxygens (including phenoxy) is 1. The van der Waals surface area contributed by atoms with Gasteiger partial charge in [0.1, 0.15) is 6.61 Å². The molecular weight excluding hydrogens is 663 g/mol. The Morgan fingerprint density at radius 1 is 0.980 bits per heavy atom. The number of sulfonamides is 1. The monoisotopic (exact) mass is 701 g/mol. The Morgan fingerprint density at radius 3 is 2.37 bits per heavy atom. The van der Waals surface area contributed by atoms with Crippen molar-refractivity contribution in [2.24, 2.45) is 0 Å². The summed E-state index contributed by atoms with van der Waals surface area (Å²) in [4.78, 5) is 35.2. The molecule has 2 unspecified atom stereocenters. The number of aliphatic hydroxyl groups is 1. The summed E-state index contributed by atoms with van der Waals surface area (Å²) in [6.07, 6.45) is -0.283. The highest BCUT2D eigenvalue weighted by Gasteiger charge is 2.32. The summed E-state index contributed by atoms with van der Waals surface area (Å²) in [6, 6.07) is 24.0. The Morgan fingerprint density at radius 2 is 1.69 bits per heavy atom. The predicted molar refractivity (Wildman–Crippen MR) is 190 cm³/mol. The number of thiazole rings is 1. The summed E-state index contributed by atoms with van der Waals surface area (Å²) in [5.74, 6) is -0.199. The molecule has 0 aliphatic rings. The van der Waals surface area contributed by atoms with E-state index in [4.69, 9.17) is 4.74 Å². The van der Waals surface area contributed by atoms with Crippen LogP contribution in [-0.4, -0.2) is 65.5 Å². The molecule has 0 bridgehead atoms. The van der Waals surface area contributed by atoms with E-state index in [1.165, 1.54) is 35.3 Å². The molecule has 5 aromatic rings. The molecule has 2 aromatic heterocycles. The number of benzene rings is 3. The summed E-state index contributed by atoms with van der Waals surface area (Å²) in [6.45, 7) is 4.87. The number of carbonyl (C=O) groups excluding carboxylic acids is 2. The van der Waals surface area contributed by atoms with E-state index in [-0.39, 0.29) is 36.9 Å². The van der Waals surface area contributed by atoms with E-state index in [1.807, 2.05) is 62.4 Å². The number of aryl methyl sites for hydroxylation is 2. The molecule has 0 radical (unpaired) electrons. The van der Waals surface area contributed by atoms with Crippen LogP contribution in [0.5, 0.6) is 0 Å². The van der Waals surface area contributed by atoms with Gasteiger partial charge in [-0.05, 0) is 72.9 Å². The van der Waals surface area contributed by atoms with E-state index in [0.717, 1.165) is 26.6 Å². The van der Waals surface area contributed by atoms with Gasteiger partial charge in [-0.1, -0.05) is 65.9 Å². The molecule has 2 amide bonds. The first kappa shape index (κ1) is 35.6. The van der Waals surface area contributed by atoms with Gasteiger partial charge in [0, 0.05) is 26.7 Å². The summed E-state index contributed by atoms with van der Waals surface area (Å²) < 4.78 is 35.9. The van der Waals surface area contributed by atoms with Gasteiger partial charge in [-0.15, -0.1) is 0 Å². The molecule has 11 nitrogen and oxygen atoms in total. The van der Waals surface area contributed by atoms with Gasteiger partial charge < -0.3 is 15.2 Å². The number of amides is 2. The summed E-state index contributed by atoms with van der Waals surface area (Å²) in [7, 11) is -2.61. The second kappa shape index (κ2) is 15.7. The van der Waals surface area contributed by atoms with Crippen molar-refractivity contribution >= 4 is 48.7 Å². The van der Waals surface area contributed by atoms with Crippen LogP contribution in [0.15, 0.2) is 96.0 Å². The highest BCUT2D eigenvalue weighted by Crippen LogP contribution is 2.31. The van der Waals surface area contributed by atoms with Gasteiger partial charge in [-0.25, -0.2) is 18.2 Å². The lowest BCUT2D eigenvalue weighted by Gasteiger charge is -2.29. The lowest BCUT2D eigenvalue weighted by molar-refractivity contribution is -0.116. The van der Waals surface area contributed by atoms with Crippen molar-refractivity contribution in [3.63, 3.8) is 0 Å². The molecule has 0 spiro atoms. The van der Waals surface area contributed by atoms with Gasteiger partial charge in [0.05, 0.1) is 39.5 Å². The standard InChI is InChI=1S/C36H39N5O6S2/c1-24-11-10-12-25(2)30(24)23-47-36(44)39-32(19-27-13-6-5-7-14-27)33(43)22-41(21-28-15-8-9-18-37-28)49(45,46)29-16-17-31-34(20-29)48-35(38-31)40(4)26(3)42/h5-18,20,32-33,43H,19,21-23H2,1-4H3,(H,39,44). The zero-order valence-corrected chi connectivity index (χ0v) is 29.4. The number of hydrogen-bond acceptors (Lipinski definition) is 9. The van der Waals surface area contributed by atoms with Gasteiger partial charge in [0.2, 0.25) is 15.9 Å². The second-order valence-corrected chi connectivity index (χ2v) is 14.7. The lowest BCUT2D eigenvalue weighted by Crippen LogP contribution is -2.50. The Kier molecular flexibility index (Phi) is 11.4. The van der Waals surface area contributed by atoms with Crippen LogP contribution in [0.4, 0.5) is 9.93 Å². The topological polar surface area (TPSA) is 142 Å². The highest BCUT2D eigenvalue weighted by molar-refractivity contribution is 7.89. The fourth-order valence-electron chi connectivity index (χ4n) is 5.30. The number of aliphatic hydroxyl groups excluding tert-OH is 1. The van der Waals surface area contributed by atoms with Crippen molar-refractivity contribution in [2.75, 3.05) is 18.5 Å².